The van der Waals surface area contributed by atoms with Gasteiger partial charge in [0, 0.05) is 20.8 Å². The summed E-state index contributed by atoms with van der Waals surface area (Å²) in [6, 6.07) is 20.5. The summed E-state index contributed by atoms with van der Waals surface area (Å²) in [7, 11) is 0. The number of carboxylic acid groups (broad SMARTS) is 3. The zero-order valence-corrected chi connectivity index (χ0v) is 37.0. The number of carbonyl (C=O) groups is 7. The van der Waals surface area contributed by atoms with Crippen LogP contribution in [0.3, 0.4) is 0 Å². The van der Waals surface area contributed by atoms with Gasteiger partial charge >= 0.3 is 0 Å². The number of Topliss-reactive ketones (excluding diaryl/α,β-unsaturated/α-hetero) is 3. The number of benzene rings is 2. The van der Waals surface area contributed by atoms with Crippen molar-refractivity contribution >= 4 is 41.0 Å². The lowest BCUT2D eigenvalue weighted by molar-refractivity contribution is -0.135. The lowest BCUT2D eigenvalue weighted by Gasteiger charge is -2.05. The highest BCUT2D eigenvalue weighted by atomic mass is 16.4. The summed E-state index contributed by atoms with van der Waals surface area (Å²) in [5.41, 5.74) is 2.65. The number of aliphatic carboxylic acids is 3. The van der Waals surface area contributed by atoms with Gasteiger partial charge in [-0.1, -0.05) is 130 Å². The van der Waals surface area contributed by atoms with Crippen LogP contribution in [0.2, 0.25) is 0 Å². The normalized spacial score (nSPS) is 10.5. The van der Waals surface area contributed by atoms with Gasteiger partial charge in [-0.15, -0.1) is 6.58 Å². The number of hydrogen-bond donors (Lipinski definition) is 3. The molecule has 0 aliphatic heterocycles. The summed E-state index contributed by atoms with van der Waals surface area (Å²) < 4.78 is 0. The molecular weight excluding hydrogens is 725 g/mol. The zero-order valence-electron chi connectivity index (χ0n) is 37.0. The molecule has 0 saturated heterocycles. The quantitative estimate of drug-likeness (QED) is 0.200. The topological polar surface area (TPSA) is 180 Å². The van der Waals surface area contributed by atoms with E-state index >= 15 is 0 Å². The fourth-order valence-corrected chi connectivity index (χ4v) is 3.10. The monoisotopic (exact) mass is 801 g/mol. The van der Waals surface area contributed by atoms with Crippen molar-refractivity contribution in [1.29, 1.82) is 0 Å². The van der Waals surface area contributed by atoms with Gasteiger partial charge in [0.25, 0.3) is 17.9 Å². The minimum Gasteiger partial charge on any atom is -0.481 e. The van der Waals surface area contributed by atoms with E-state index in [1.165, 1.54) is 130 Å². The average Bonchev–Trinajstić information content (AvgIpc) is 3.11. The van der Waals surface area contributed by atoms with E-state index in [1.54, 1.807) is 0 Å². The Morgan fingerprint density at radius 1 is 0.491 bits per heavy atom. The number of allylic oxidation sites excluding steroid dienone is 4. The smallest absolute Gasteiger partial charge is 0.300 e. The molecular formula is C47H76O10. The fraction of sp³-hybridized carbons (Fsp3) is 0.468. The maximum Gasteiger partial charge on any atom is 0.300 e. The second-order valence-corrected chi connectivity index (χ2v) is 12.6. The third kappa shape index (κ3) is 157. The Kier molecular flexibility index (Phi) is 67.1. The van der Waals surface area contributed by atoms with Gasteiger partial charge in [0.15, 0.2) is 5.78 Å². The molecule has 0 amide bonds. The predicted molar refractivity (Wildman–Crippen MR) is 237 cm³/mol. The summed E-state index contributed by atoms with van der Waals surface area (Å²) >= 11 is 0. The van der Waals surface area contributed by atoms with Crippen LogP contribution in [0, 0.1) is 6.92 Å². The molecule has 2 aromatic rings. The number of ketones is 4. The van der Waals surface area contributed by atoms with Gasteiger partial charge < -0.3 is 29.7 Å². The van der Waals surface area contributed by atoms with Crippen molar-refractivity contribution in [3.05, 3.63) is 109 Å². The summed E-state index contributed by atoms with van der Waals surface area (Å²) in [6.07, 6.45) is 23.2. The molecule has 57 heavy (non-hydrogen) atoms. The first kappa shape index (κ1) is 66.6. The lowest BCUT2D eigenvalue weighted by atomic mass is 10.0. The number of hydrogen-bond acceptors (Lipinski definition) is 7. The molecule has 2 aliphatic rings. The molecule has 0 heterocycles. The molecule has 1 saturated carbocycles. The van der Waals surface area contributed by atoms with Crippen molar-refractivity contribution in [1.82, 2.24) is 0 Å². The summed E-state index contributed by atoms with van der Waals surface area (Å²) in [5, 5.41) is 22.2. The first-order chi connectivity index (χ1) is 26.5. The third-order valence-electron chi connectivity index (χ3n) is 5.11. The molecule has 3 N–H and O–H groups in total. The Hall–Kier alpha value is -5.25. The molecule has 0 spiro atoms. The fourth-order valence-electron chi connectivity index (χ4n) is 3.10. The van der Waals surface area contributed by atoms with Gasteiger partial charge in [0.2, 0.25) is 0 Å². The Balaban J connectivity index is -0.0000000982. The molecule has 4 rings (SSSR count). The van der Waals surface area contributed by atoms with E-state index in [1.807, 2.05) is 42.5 Å². The van der Waals surface area contributed by atoms with Crippen molar-refractivity contribution in [3.8, 4) is 0 Å². The van der Waals surface area contributed by atoms with E-state index < -0.39 is 17.9 Å². The summed E-state index contributed by atoms with van der Waals surface area (Å²) in [6.45, 7) is 22.9. The molecule has 324 valence electrons. The SMILES string of the molecule is C1=CCCCC1.C1CCCCC1.C=CC(C)=O.C=CCc1ccc(C)cc1.CC(=O)O.CC(=O)O.CC(=O)O.CC(C)=O.CC(C)=O.CC(C)=O.c1ccccc1. The minimum absolute atomic E-state index is 0.0185. The van der Waals surface area contributed by atoms with Crippen LogP contribution in [-0.2, 0) is 40.0 Å². The van der Waals surface area contributed by atoms with Crippen LogP contribution in [0.15, 0.2) is 98.1 Å². The number of aryl methyl sites for hydroxylation is 1. The van der Waals surface area contributed by atoms with Gasteiger partial charge in [-0.25, -0.2) is 0 Å². The van der Waals surface area contributed by atoms with Crippen molar-refractivity contribution in [3.63, 3.8) is 0 Å². The Bertz CT molecular complexity index is 1130. The Morgan fingerprint density at radius 3 is 0.842 bits per heavy atom. The molecule has 0 unspecified atom stereocenters. The molecule has 1 fully saturated rings. The van der Waals surface area contributed by atoms with Crippen molar-refractivity contribution in [2.75, 3.05) is 0 Å². The third-order valence-corrected chi connectivity index (χ3v) is 5.11. The first-order valence-electron chi connectivity index (χ1n) is 18.9. The van der Waals surface area contributed by atoms with Crippen molar-refractivity contribution < 1.29 is 48.9 Å². The van der Waals surface area contributed by atoms with Gasteiger partial charge in [-0.3, -0.25) is 19.2 Å². The number of rotatable bonds is 3. The highest BCUT2D eigenvalue weighted by molar-refractivity contribution is 5.86. The van der Waals surface area contributed by atoms with Crippen LogP contribution >= 0.6 is 0 Å². The largest absolute Gasteiger partial charge is 0.481 e. The van der Waals surface area contributed by atoms with E-state index in [9.17, 15) is 19.2 Å². The number of carbonyl (C=O) groups excluding carboxylic acids is 4. The molecule has 0 aromatic heterocycles. The molecule has 0 radical (unpaired) electrons. The molecule has 0 bridgehead atoms. The summed E-state index contributed by atoms with van der Waals surface area (Å²) in [4.78, 5) is 65.0. The van der Waals surface area contributed by atoms with E-state index in [-0.39, 0.29) is 23.1 Å². The molecule has 0 atom stereocenters. The maximum atomic E-state index is 9.69. The van der Waals surface area contributed by atoms with E-state index in [0.717, 1.165) is 27.2 Å². The predicted octanol–water partition coefficient (Wildman–Crippen LogP) is 11.7. The molecule has 2 aliphatic carbocycles. The minimum atomic E-state index is -0.833. The first-order valence-corrected chi connectivity index (χ1v) is 18.9. The van der Waals surface area contributed by atoms with Gasteiger partial charge in [-0.2, -0.15) is 0 Å². The second kappa shape index (κ2) is 57.5. The van der Waals surface area contributed by atoms with Crippen LogP contribution in [0.25, 0.3) is 0 Å². The highest BCUT2D eigenvalue weighted by Gasteiger charge is 1.95. The van der Waals surface area contributed by atoms with Crippen LogP contribution in [-0.4, -0.2) is 56.4 Å². The van der Waals surface area contributed by atoms with E-state index in [4.69, 9.17) is 29.7 Å². The van der Waals surface area contributed by atoms with Crippen LogP contribution in [0.5, 0.6) is 0 Å². The van der Waals surface area contributed by atoms with Crippen molar-refractivity contribution in [2.45, 2.75) is 147 Å². The van der Waals surface area contributed by atoms with Crippen molar-refractivity contribution in [2.24, 2.45) is 0 Å². The zero-order chi connectivity index (χ0) is 45.9. The van der Waals surface area contributed by atoms with Crippen LogP contribution in [0.4, 0.5) is 0 Å². The van der Waals surface area contributed by atoms with E-state index in [2.05, 4.69) is 56.5 Å². The molecule has 10 heteroatoms. The maximum absolute atomic E-state index is 9.69. The number of carboxylic acids is 3. The van der Waals surface area contributed by atoms with Gasteiger partial charge in [-0.05, 0) is 99.1 Å². The standard InChI is InChI=1S/C10H12.C6H12.C6H10.C6H6.C4H6O.3C3H6O.3C2H4O2/c1-3-4-10-7-5-9(2)6-8-10;3*1-2-4-6-5-3-1;1-3-4(2)5;3*1-3(2)4;3*1-2(3)4/h3,5-8H,1,4H2,2H3;1-6H2;1-2H,3-6H2;1-6H;3H,1H2,2H3;3*1-2H3;3*1H3,(H,3,4). The van der Waals surface area contributed by atoms with Gasteiger partial charge in [0.05, 0.1) is 0 Å². The lowest BCUT2D eigenvalue weighted by Crippen LogP contribution is -1.85. The Labute approximate surface area is 345 Å². The second-order valence-electron chi connectivity index (χ2n) is 12.6. The molecule has 2 aromatic carbocycles. The summed E-state index contributed by atoms with van der Waals surface area (Å²) in [5.74, 6) is -1.98. The van der Waals surface area contributed by atoms with E-state index in [0.29, 0.717) is 0 Å². The average molecular weight is 801 g/mol. The molecule has 10 nitrogen and oxygen atoms in total. The van der Waals surface area contributed by atoms with Crippen LogP contribution < -0.4 is 0 Å². The van der Waals surface area contributed by atoms with Gasteiger partial charge in [0.1, 0.15) is 17.3 Å². The highest BCUT2D eigenvalue weighted by Crippen LogP contribution is 2.15. The van der Waals surface area contributed by atoms with Crippen LogP contribution in [0.1, 0.15) is 145 Å². The Morgan fingerprint density at radius 2 is 0.702 bits per heavy atom.